The maximum atomic E-state index is 12.4. The third-order valence-corrected chi connectivity index (χ3v) is 4.66. The second-order valence-corrected chi connectivity index (χ2v) is 7.64. The number of rotatable bonds is 2. The first-order chi connectivity index (χ1) is 9.13. The van der Waals surface area contributed by atoms with Gasteiger partial charge in [-0.05, 0) is 32.6 Å². The summed E-state index contributed by atoms with van der Waals surface area (Å²) in [5.74, 6) is 0. The van der Waals surface area contributed by atoms with Crippen molar-refractivity contribution in [2.75, 3.05) is 26.4 Å². The molecule has 1 saturated carbocycles. The largest absolute Gasteiger partial charge is 0.444 e. The Morgan fingerprint density at radius 2 is 2.05 bits per heavy atom. The molecule has 2 unspecified atom stereocenters. The maximum absolute atomic E-state index is 12.4. The Labute approximate surface area is 121 Å². The molecule has 1 amide bonds. The first-order valence-electron chi connectivity index (χ1n) is 7.31. The van der Waals surface area contributed by atoms with Crippen LogP contribution in [0.4, 0.5) is 4.79 Å². The van der Waals surface area contributed by atoms with E-state index in [1.165, 1.54) is 0 Å². The molecule has 0 bridgehead atoms. The smallest absolute Gasteiger partial charge is 0.410 e. The van der Waals surface area contributed by atoms with Gasteiger partial charge < -0.3 is 14.6 Å². The van der Waals surface area contributed by atoms with Gasteiger partial charge in [0, 0.05) is 12.0 Å². The minimum absolute atomic E-state index is 0.0351. The van der Waals surface area contributed by atoms with E-state index in [9.17, 15) is 9.90 Å². The highest BCUT2D eigenvalue weighted by Crippen LogP contribution is 2.66. The second kappa shape index (κ2) is 4.88. The van der Waals surface area contributed by atoms with Gasteiger partial charge in [0.2, 0.25) is 0 Å². The number of aliphatic hydroxyl groups is 1. The molecule has 2 fully saturated rings. The number of nitrogens with zero attached hydrogens (tertiary/aromatic N) is 1. The fourth-order valence-corrected chi connectivity index (χ4v) is 3.29. The van der Waals surface area contributed by atoms with Crippen molar-refractivity contribution in [3.63, 3.8) is 0 Å². The van der Waals surface area contributed by atoms with Crippen LogP contribution in [0.5, 0.6) is 0 Å². The van der Waals surface area contributed by atoms with Gasteiger partial charge in [0.05, 0.1) is 25.9 Å². The fraction of sp³-hybridized carbons (Fsp3) is 0.933. The van der Waals surface area contributed by atoms with E-state index in [0.29, 0.717) is 19.8 Å². The third-order valence-electron chi connectivity index (χ3n) is 4.66. The molecule has 1 saturated heterocycles. The summed E-state index contributed by atoms with van der Waals surface area (Å²) in [5.41, 5.74) is -0.733. The van der Waals surface area contributed by atoms with Crippen LogP contribution in [0.1, 0.15) is 41.0 Å². The number of hydrogen-bond donors (Lipinski definition) is 1. The number of ether oxygens (including phenoxy) is 2. The van der Waals surface area contributed by atoms with Crippen LogP contribution in [-0.4, -0.2) is 54.1 Å². The lowest BCUT2D eigenvalue weighted by atomic mass is 9.87. The fourth-order valence-electron chi connectivity index (χ4n) is 3.29. The van der Waals surface area contributed by atoms with Crippen LogP contribution in [0.25, 0.3) is 0 Å². The molecule has 1 aliphatic carbocycles. The third kappa shape index (κ3) is 2.66. The van der Waals surface area contributed by atoms with Crippen molar-refractivity contribution in [3.05, 3.63) is 0 Å². The second-order valence-electron chi connectivity index (χ2n) is 7.64. The van der Waals surface area contributed by atoms with Crippen molar-refractivity contribution in [2.24, 2.45) is 10.8 Å². The Morgan fingerprint density at radius 1 is 1.45 bits per heavy atom. The molecule has 2 atom stereocenters. The van der Waals surface area contributed by atoms with Crippen LogP contribution in [0.15, 0.2) is 0 Å². The number of carbonyl (C=O) groups is 1. The minimum atomic E-state index is -0.509. The number of carbonyl (C=O) groups excluding carboxylic acids is 1. The minimum Gasteiger partial charge on any atom is -0.444 e. The number of hydrogen-bond acceptors (Lipinski definition) is 4. The highest BCUT2D eigenvalue weighted by Gasteiger charge is 2.67. The first-order valence-corrected chi connectivity index (χ1v) is 7.31. The summed E-state index contributed by atoms with van der Waals surface area (Å²) in [6.07, 6.45) is 0.602. The van der Waals surface area contributed by atoms with Crippen LogP contribution in [0, 0.1) is 10.8 Å². The van der Waals surface area contributed by atoms with Gasteiger partial charge in [0.1, 0.15) is 5.60 Å². The molecule has 0 spiro atoms. The first kappa shape index (κ1) is 15.6. The molecule has 2 rings (SSSR count). The maximum Gasteiger partial charge on any atom is 0.410 e. The van der Waals surface area contributed by atoms with Crippen LogP contribution < -0.4 is 0 Å². The average Bonchev–Trinajstić information content (AvgIpc) is 2.91. The van der Waals surface area contributed by atoms with Gasteiger partial charge in [-0.25, -0.2) is 4.79 Å². The molecule has 0 radical (unpaired) electrons. The van der Waals surface area contributed by atoms with Crippen LogP contribution in [0.3, 0.4) is 0 Å². The van der Waals surface area contributed by atoms with E-state index in [1.807, 2.05) is 20.8 Å². The number of morpholine rings is 1. The summed E-state index contributed by atoms with van der Waals surface area (Å²) in [5, 5.41) is 9.84. The van der Waals surface area contributed by atoms with Crippen molar-refractivity contribution < 1.29 is 19.4 Å². The van der Waals surface area contributed by atoms with E-state index in [0.717, 1.165) is 6.42 Å². The number of aliphatic hydroxyl groups excluding tert-OH is 1. The SMILES string of the molecule is CC(C)(C)OC(=O)N1CCOCC1C1(CO)CC1(C)C. The predicted octanol–water partition coefficient (Wildman–Crippen LogP) is 2.03. The summed E-state index contributed by atoms with van der Waals surface area (Å²) in [4.78, 5) is 14.1. The van der Waals surface area contributed by atoms with Gasteiger partial charge in [-0.2, -0.15) is 0 Å². The predicted molar refractivity (Wildman–Crippen MR) is 75.5 cm³/mol. The topological polar surface area (TPSA) is 59.0 Å². The quantitative estimate of drug-likeness (QED) is 0.843. The monoisotopic (exact) mass is 285 g/mol. The summed E-state index contributed by atoms with van der Waals surface area (Å²) in [6, 6.07) is -0.105. The lowest BCUT2D eigenvalue weighted by molar-refractivity contribution is -0.0648. The number of amides is 1. The van der Waals surface area contributed by atoms with E-state index < -0.39 is 5.60 Å². The van der Waals surface area contributed by atoms with E-state index in [4.69, 9.17) is 9.47 Å². The Balaban J connectivity index is 2.16. The molecule has 20 heavy (non-hydrogen) atoms. The van der Waals surface area contributed by atoms with Gasteiger partial charge >= 0.3 is 6.09 Å². The van der Waals surface area contributed by atoms with Crippen molar-refractivity contribution in [1.29, 1.82) is 0 Å². The van der Waals surface area contributed by atoms with Crippen molar-refractivity contribution >= 4 is 6.09 Å². The van der Waals surface area contributed by atoms with Crippen LogP contribution in [-0.2, 0) is 9.47 Å². The zero-order chi connectivity index (χ0) is 15.2. The van der Waals surface area contributed by atoms with Gasteiger partial charge in [-0.1, -0.05) is 13.8 Å². The van der Waals surface area contributed by atoms with E-state index in [1.54, 1.807) is 4.90 Å². The molecule has 1 aliphatic heterocycles. The zero-order valence-electron chi connectivity index (χ0n) is 13.2. The van der Waals surface area contributed by atoms with Gasteiger partial charge in [-0.15, -0.1) is 0 Å². The lowest BCUT2D eigenvalue weighted by Crippen LogP contribution is -2.56. The molecule has 5 heteroatoms. The van der Waals surface area contributed by atoms with Crippen molar-refractivity contribution in [2.45, 2.75) is 52.7 Å². The zero-order valence-corrected chi connectivity index (χ0v) is 13.2. The molecule has 0 aromatic heterocycles. The average molecular weight is 285 g/mol. The summed E-state index contributed by atoms with van der Waals surface area (Å²) >= 11 is 0. The van der Waals surface area contributed by atoms with Gasteiger partial charge in [0.25, 0.3) is 0 Å². The van der Waals surface area contributed by atoms with Crippen LogP contribution >= 0.6 is 0 Å². The molecule has 0 aromatic rings. The molecule has 1 heterocycles. The Bertz CT molecular complexity index is 388. The Kier molecular flexibility index (Phi) is 3.80. The molecule has 2 aliphatic rings. The Hall–Kier alpha value is -0.810. The molecular weight excluding hydrogens is 258 g/mol. The molecule has 1 N–H and O–H groups in total. The standard InChI is InChI=1S/C15H27NO4/c1-13(2,3)20-12(18)16-6-7-19-8-11(16)15(10-17)9-14(15,4)5/h11,17H,6-10H2,1-5H3. The molecular formula is C15H27NO4. The highest BCUT2D eigenvalue weighted by atomic mass is 16.6. The summed E-state index contributed by atoms with van der Waals surface area (Å²) in [6.45, 7) is 11.5. The molecule has 0 aromatic carbocycles. The summed E-state index contributed by atoms with van der Waals surface area (Å²) in [7, 11) is 0. The highest BCUT2D eigenvalue weighted by molar-refractivity contribution is 5.69. The van der Waals surface area contributed by atoms with Crippen molar-refractivity contribution in [3.8, 4) is 0 Å². The van der Waals surface area contributed by atoms with Gasteiger partial charge in [0.15, 0.2) is 0 Å². The van der Waals surface area contributed by atoms with E-state index >= 15 is 0 Å². The molecule has 116 valence electrons. The Morgan fingerprint density at radius 3 is 2.50 bits per heavy atom. The summed E-state index contributed by atoms with van der Waals surface area (Å²) < 4.78 is 11.0. The van der Waals surface area contributed by atoms with E-state index in [-0.39, 0.29) is 29.6 Å². The van der Waals surface area contributed by atoms with Crippen molar-refractivity contribution in [1.82, 2.24) is 4.90 Å². The van der Waals surface area contributed by atoms with Gasteiger partial charge in [-0.3, -0.25) is 4.90 Å². The van der Waals surface area contributed by atoms with E-state index in [2.05, 4.69) is 13.8 Å². The molecule has 5 nitrogen and oxygen atoms in total. The lowest BCUT2D eigenvalue weighted by Gasteiger charge is -2.41. The van der Waals surface area contributed by atoms with Crippen LogP contribution in [0.2, 0.25) is 0 Å². The normalized spacial score (nSPS) is 32.9.